The van der Waals surface area contributed by atoms with Crippen LogP contribution in [0.15, 0.2) is 6.07 Å². The van der Waals surface area contributed by atoms with Gasteiger partial charge >= 0.3 is 0 Å². The van der Waals surface area contributed by atoms with Gasteiger partial charge in [0.05, 0.1) is 5.69 Å². The molecule has 1 aliphatic heterocycles. The predicted octanol–water partition coefficient (Wildman–Crippen LogP) is 0.535. The summed E-state index contributed by atoms with van der Waals surface area (Å²) in [4.78, 5) is 8.03. The van der Waals surface area contributed by atoms with E-state index in [2.05, 4.69) is 9.97 Å². The maximum Gasteiger partial charge on any atom is 0.222 e. The van der Waals surface area contributed by atoms with Crippen LogP contribution in [0.3, 0.4) is 0 Å². The van der Waals surface area contributed by atoms with Crippen molar-refractivity contribution in [2.75, 3.05) is 24.7 Å². The summed E-state index contributed by atoms with van der Waals surface area (Å²) < 4.78 is 5.28. The fourth-order valence-corrected chi connectivity index (χ4v) is 1.71. The van der Waals surface area contributed by atoms with E-state index in [1.807, 2.05) is 0 Å². The molecule has 4 N–H and O–H groups in total. The van der Waals surface area contributed by atoms with Crippen molar-refractivity contribution in [2.24, 2.45) is 0 Å². The molecule has 76 valence electrons. The van der Waals surface area contributed by atoms with Gasteiger partial charge in [-0.1, -0.05) is 0 Å². The number of ether oxygens (including phenoxy) is 1. The predicted molar refractivity (Wildman–Crippen MR) is 53.7 cm³/mol. The molecule has 0 radical (unpaired) electrons. The fourth-order valence-electron chi connectivity index (χ4n) is 1.71. The zero-order valence-electron chi connectivity index (χ0n) is 7.94. The molecule has 14 heavy (non-hydrogen) atoms. The molecule has 2 heterocycles. The molecule has 1 aromatic heterocycles. The van der Waals surface area contributed by atoms with Crippen LogP contribution < -0.4 is 11.5 Å². The number of anilines is 2. The van der Waals surface area contributed by atoms with E-state index in [0.29, 0.717) is 11.7 Å². The summed E-state index contributed by atoms with van der Waals surface area (Å²) in [6.45, 7) is 1.57. The Bertz CT molecular complexity index is 302. The molecule has 0 unspecified atom stereocenters. The van der Waals surface area contributed by atoms with Gasteiger partial charge in [0.15, 0.2) is 0 Å². The lowest BCUT2D eigenvalue weighted by atomic mass is 9.96. The van der Waals surface area contributed by atoms with Gasteiger partial charge in [-0.2, -0.15) is 4.98 Å². The summed E-state index contributed by atoms with van der Waals surface area (Å²) in [5, 5.41) is 0. The Balaban J connectivity index is 2.21. The van der Waals surface area contributed by atoms with Crippen LogP contribution in [0.4, 0.5) is 11.8 Å². The van der Waals surface area contributed by atoms with Crippen molar-refractivity contribution in [2.45, 2.75) is 18.8 Å². The van der Waals surface area contributed by atoms with Gasteiger partial charge in [0.1, 0.15) is 5.82 Å². The van der Waals surface area contributed by atoms with Gasteiger partial charge in [-0.15, -0.1) is 0 Å². The van der Waals surface area contributed by atoms with Crippen molar-refractivity contribution < 1.29 is 4.74 Å². The van der Waals surface area contributed by atoms with E-state index in [1.165, 1.54) is 0 Å². The maximum absolute atomic E-state index is 5.60. The van der Waals surface area contributed by atoms with Crippen molar-refractivity contribution in [3.63, 3.8) is 0 Å². The topological polar surface area (TPSA) is 87.0 Å². The van der Waals surface area contributed by atoms with E-state index in [9.17, 15) is 0 Å². The van der Waals surface area contributed by atoms with Crippen LogP contribution in [0, 0.1) is 0 Å². The lowest BCUT2D eigenvalue weighted by Crippen LogP contribution is -2.16. The number of hydrogen-bond acceptors (Lipinski definition) is 5. The van der Waals surface area contributed by atoms with Crippen LogP contribution in [0.25, 0.3) is 0 Å². The van der Waals surface area contributed by atoms with Gasteiger partial charge in [0.2, 0.25) is 5.95 Å². The van der Waals surface area contributed by atoms with Gasteiger partial charge in [-0.3, -0.25) is 0 Å². The summed E-state index contributed by atoms with van der Waals surface area (Å²) in [7, 11) is 0. The molecule has 1 saturated heterocycles. The van der Waals surface area contributed by atoms with Crippen LogP contribution in [-0.4, -0.2) is 23.2 Å². The summed E-state index contributed by atoms with van der Waals surface area (Å²) in [5.41, 5.74) is 12.1. The fraction of sp³-hybridized carbons (Fsp3) is 0.556. The highest BCUT2D eigenvalue weighted by Gasteiger charge is 2.17. The molecule has 0 spiro atoms. The highest BCUT2D eigenvalue weighted by Crippen LogP contribution is 2.26. The minimum absolute atomic E-state index is 0.256. The lowest BCUT2D eigenvalue weighted by molar-refractivity contribution is 0.0845. The Kier molecular flexibility index (Phi) is 2.49. The molecule has 0 amide bonds. The second-order valence-corrected chi connectivity index (χ2v) is 3.46. The van der Waals surface area contributed by atoms with Crippen molar-refractivity contribution >= 4 is 11.8 Å². The van der Waals surface area contributed by atoms with Crippen LogP contribution in [0.2, 0.25) is 0 Å². The van der Waals surface area contributed by atoms with Crippen molar-refractivity contribution in [3.05, 3.63) is 11.8 Å². The van der Waals surface area contributed by atoms with Gasteiger partial charge in [0.25, 0.3) is 0 Å². The number of nitrogen functional groups attached to an aromatic ring is 2. The first kappa shape index (κ1) is 9.21. The molecule has 5 nitrogen and oxygen atoms in total. The minimum atomic E-state index is 0.256. The molecule has 0 aliphatic carbocycles. The van der Waals surface area contributed by atoms with Crippen molar-refractivity contribution in [3.8, 4) is 0 Å². The largest absolute Gasteiger partial charge is 0.384 e. The van der Waals surface area contributed by atoms with Crippen molar-refractivity contribution in [1.82, 2.24) is 9.97 Å². The number of aromatic nitrogens is 2. The Morgan fingerprint density at radius 2 is 1.93 bits per heavy atom. The highest BCUT2D eigenvalue weighted by molar-refractivity contribution is 5.36. The van der Waals surface area contributed by atoms with E-state index in [-0.39, 0.29) is 5.95 Å². The monoisotopic (exact) mass is 194 g/mol. The molecular weight excluding hydrogens is 180 g/mol. The third kappa shape index (κ3) is 1.93. The van der Waals surface area contributed by atoms with Crippen molar-refractivity contribution in [1.29, 1.82) is 0 Å². The first-order chi connectivity index (χ1) is 6.75. The van der Waals surface area contributed by atoms with Crippen LogP contribution in [0.1, 0.15) is 24.5 Å². The number of nitrogens with two attached hydrogens (primary N) is 2. The second kappa shape index (κ2) is 3.79. The molecule has 1 fully saturated rings. The van der Waals surface area contributed by atoms with E-state index < -0.39 is 0 Å². The first-order valence-electron chi connectivity index (χ1n) is 4.73. The van der Waals surface area contributed by atoms with E-state index in [0.717, 1.165) is 31.7 Å². The Morgan fingerprint density at radius 1 is 1.21 bits per heavy atom. The van der Waals surface area contributed by atoms with Gasteiger partial charge in [0, 0.05) is 25.2 Å². The number of rotatable bonds is 1. The summed E-state index contributed by atoms with van der Waals surface area (Å²) in [6.07, 6.45) is 1.96. The molecule has 5 heteroatoms. The number of hydrogen-bond donors (Lipinski definition) is 2. The van der Waals surface area contributed by atoms with Gasteiger partial charge < -0.3 is 16.2 Å². The smallest absolute Gasteiger partial charge is 0.222 e. The number of nitrogens with zero attached hydrogens (tertiary/aromatic N) is 2. The Labute approximate surface area is 82.5 Å². The normalized spacial score (nSPS) is 18.3. The molecule has 1 aromatic rings. The zero-order valence-corrected chi connectivity index (χ0v) is 7.94. The summed E-state index contributed by atoms with van der Waals surface area (Å²) in [6, 6.07) is 1.80. The molecular formula is C9H14N4O. The molecule has 0 atom stereocenters. The van der Waals surface area contributed by atoms with E-state index >= 15 is 0 Å². The standard InChI is InChI=1S/C9H14N4O/c10-8-5-7(12-9(11)13-8)6-1-3-14-4-2-6/h5-6H,1-4H2,(H4,10,11,12,13). The lowest BCUT2D eigenvalue weighted by Gasteiger charge is -2.21. The third-order valence-corrected chi connectivity index (χ3v) is 2.42. The van der Waals surface area contributed by atoms with E-state index in [1.54, 1.807) is 6.07 Å². The molecule has 1 aliphatic rings. The third-order valence-electron chi connectivity index (χ3n) is 2.42. The van der Waals surface area contributed by atoms with Gasteiger partial charge in [-0.05, 0) is 12.8 Å². The van der Waals surface area contributed by atoms with E-state index in [4.69, 9.17) is 16.2 Å². The highest BCUT2D eigenvalue weighted by atomic mass is 16.5. The average Bonchev–Trinajstić information content (AvgIpc) is 2.18. The Morgan fingerprint density at radius 3 is 2.57 bits per heavy atom. The van der Waals surface area contributed by atoms with Gasteiger partial charge in [-0.25, -0.2) is 4.98 Å². The van der Waals surface area contributed by atoms with Crippen LogP contribution in [0.5, 0.6) is 0 Å². The second-order valence-electron chi connectivity index (χ2n) is 3.46. The maximum atomic E-state index is 5.60. The molecule has 0 saturated carbocycles. The zero-order chi connectivity index (χ0) is 9.97. The minimum Gasteiger partial charge on any atom is -0.384 e. The van der Waals surface area contributed by atoms with Crippen LogP contribution in [-0.2, 0) is 4.74 Å². The SMILES string of the molecule is Nc1cc(C2CCOCC2)nc(N)n1. The quantitative estimate of drug-likeness (QED) is 0.681. The molecule has 0 aromatic carbocycles. The Hall–Kier alpha value is -1.36. The first-order valence-corrected chi connectivity index (χ1v) is 4.73. The summed E-state index contributed by atoms with van der Waals surface area (Å²) in [5.74, 6) is 1.11. The average molecular weight is 194 g/mol. The molecule has 0 bridgehead atoms. The molecule has 2 rings (SSSR count). The summed E-state index contributed by atoms with van der Waals surface area (Å²) >= 11 is 0. The van der Waals surface area contributed by atoms with Crippen LogP contribution >= 0.6 is 0 Å².